The van der Waals surface area contributed by atoms with Gasteiger partial charge in [0.1, 0.15) is 11.4 Å². The third kappa shape index (κ3) is 6.88. The number of alkyl carbamates (subject to hydrolysis) is 1. The number of amides is 1. The van der Waals surface area contributed by atoms with Crippen molar-refractivity contribution in [2.24, 2.45) is 17.3 Å². The van der Waals surface area contributed by atoms with Crippen LogP contribution in [0.2, 0.25) is 0 Å². The molecule has 0 unspecified atom stereocenters. The normalized spacial score (nSPS) is 25.5. The topological polar surface area (TPSA) is 67.8 Å². The Morgan fingerprint density at radius 1 is 0.970 bits per heavy atom. The van der Waals surface area contributed by atoms with Crippen LogP contribution in [0.5, 0.6) is 5.75 Å². The number of nitrogens with one attached hydrogen (secondary N) is 1. The van der Waals surface area contributed by atoms with Crippen LogP contribution in [-0.2, 0) is 17.6 Å². The molecule has 0 radical (unpaired) electrons. The van der Waals surface area contributed by atoms with Crippen molar-refractivity contribution in [3.63, 3.8) is 0 Å². The lowest BCUT2D eigenvalue weighted by Gasteiger charge is -2.40. The van der Waals surface area contributed by atoms with Gasteiger partial charge in [0.15, 0.2) is 0 Å². The maximum Gasteiger partial charge on any atom is 0.408 e. The summed E-state index contributed by atoms with van der Waals surface area (Å²) >= 11 is 0. The molecule has 2 atom stereocenters. The summed E-state index contributed by atoms with van der Waals surface area (Å²) < 4.78 is 11.8. The number of aryl methyl sites for hydroxylation is 1. The third-order valence-corrected chi connectivity index (χ3v) is 7.62. The van der Waals surface area contributed by atoms with Crippen LogP contribution >= 0.6 is 0 Å². The molecule has 0 heterocycles. The van der Waals surface area contributed by atoms with E-state index in [0.29, 0.717) is 11.5 Å². The van der Waals surface area contributed by atoms with Crippen molar-refractivity contribution in [3.8, 4) is 5.75 Å². The van der Waals surface area contributed by atoms with E-state index in [1.165, 1.54) is 24.0 Å². The average Bonchev–Trinajstić information content (AvgIpc) is 2.71. The van der Waals surface area contributed by atoms with Crippen molar-refractivity contribution in [1.29, 1.82) is 0 Å². The Labute approximate surface area is 200 Å². The standard InChI is InChI=1S/C28H45NO4/c1-26(2,3)21-11-14-23(15-12-21)32-24-13-9-19-16-22(10-8-20(19)17-24)28(7,18-30)29-25(31)33-27(4,5)6/h9,13,17,21-23,30H,8,10-12,14-16,18H2,1-7H3,(H,29,31)/t21?,22-,23?,28+/m1/s1. The van der Waals surface area contributed by atoms with Gasteiger partial charge in [-0.1, -0.05) is 26.8 Å². The van der Waals surface area contributed by atoms with Gasteiger partial charge >= 0.3 is 6.09 Å². The molecule has 186 valence electrons. The van der Waals surface area contributed by atoms with E-state index < -0.39 is 17.2 Å². The van der Waals surface area contributed by atoms with Gasteiger partial charge in [-0.25, -0.2) is 4.79 Å². The highest BCUT2D eigenvalue weighted by atomic mass is 16.6. The van der Waals surface area contributed by atoms with Crippen LogP contribution in [0.25, 0.3) is 0 Å². The molecule has 1 fully saturated rings. The first-order valence-corrected chi connectivity index (χ1v) is 12.7. The average molecular weight is 460 g/mol. The maximum atomic E-state index is 12.4. The third-order valence-electron chi connectivity index (χ3n) is 7.62. The molecule has 2 N–H and O–H groups in total. The Hall–Kier alpha value is -1.75. The van der Waals surface area contributed by atoms with Crippen LogP contribution in [0.4, 0.5) is 4.79 Å². The van der Waals surface area contributed by atoms with Gasteiger partial charge in [0.25, 0.3) is 0 Å². The molecule has 2 aliphatic carbocycles. The minimum Gasteiger partial charge on any atom is -0.490 e. The second-order valence-corrected chi connectivity index (χ2v) is 12.5. The maximum absolute atomic E-state index is 12.4. The van der Waals surface area contributed by atoms with Crippen LogP contribution in [0.3, 0.4) is 0 Å². The molecule has 0 spiro atoms. The second-order valence-electron chi connectivity index (χ2n) is 12.5. The van der Waals surface area contributed by atoms with Gasteiger partial charge in [0, 0.05) is 0 Å². The molecule has 1 aromatic carbocycles. The fraction of sp³-hybridized carbons (Fsp3) is 0.750. The minimum atomic E-state index is -0.721. The highest BCUT2D eigenvalue weighted by Crippen LogP contribution is 2.39. The molecule has 0 saturated heterocycles. The minimum absolute atomic E-state index is 0.120. The van der Waals surface area contributed by atoms with Crippen LogP contribution in [-0.4, -0.2) is 35.1 Å². The Kier molecular flexibility index (Phi) is 7.72. The van der Waals surface area contributed by atoms with Crippen LogP contribution in [0.15, 0.2) is 18.2 Å². The van der Waals surface area contributed by atoms with Crippen molar-refractivity contribution in [1.82, 2.24) is 5.32 Å². The highest BCUT2D eigenvalue weighted by molar-refractivity contribution is 5.68. The molecule has 0 aliphatic heterocycles. The summed E-state index contributed by atoms with van der Waals surface area (Å²) in [5.41, 5.74) is 1.70. The van der Waals surface area contributed by atoms with Crippen LogP contribution < -0.4 is 10.1 Å². The number of hydrogen-bond acceptors (Lipinski definition) is 4. The first kappa shape index (κ1) is 25.9. The van der Waals surface area contributed by atoms with E-state index in [1.54, 1.807) is 0 Å². The van der Waals surface area contributed by atoms with Gasteiger partial charge in [-0.05, 0) is 113 Å². The Balaban J connectivity index is 1.60. The van der Waals surface area contributed by atoms with E-state index in [9.17, 15) is 9.90 Å². The fourth-order valence-corrected chi connectivity index (χ4v) is 5.40. The summed E-state index contributed by atoms with van der Waals surface area (Å²) in [6.45, 7) is 14.4. The quantitative estimate of drug-likeness (QED) is 0.562. The summed E-state index contributed by atoms with van der Waals surface area (Å²) in [7, 11) is 0. The Morgan fingerprint density at radius 2 is 1.64 bits per heavy atom. The predicted octanol–water partition coefficient (Wildman–Crippen LogP) is 6.05. The molecular weight excluding hydrogens is 414 g/mol. The molecule has 1 saturated carbocycles. The number of benzene rings is 1. The van der Waals surface area contributed by atoms with Gasteiger partial charge in [-0.15, -0.1) is 0 Å². The number of fused-ring (bicyclic) bond motifs is 1. The zero-order chi connectivity index (χ0) is 24.4. The van der Waals surface area contributed by atoms with E-state index in [-0.39, 0.29) is 12.5 Å². The van der Waals surface area contributed by atoms with Gasteiger partial charge < -0.3 is 19.9 Å². The predicted molar refractivity (Wildman–Crippen MR) is 133 cm³/mol. The monoisotopic (exact) mass is 459 g/mol. The molecule has 5 heteroatoms. The number of hydrogen-bond donors (Lipinski definition) is 2. The molecule has 1 amide bonds. The van der Waals surface area contributed by atoms with Crippen molar-refractivity contribution >= 4 is 6.09 Å². The Morgan fingerprint density at radius 3 is 2.21 bits per heavy atom. The molecule has 0 bridgehead atoms. The zero-order valence-corrected chi connectivity index (χ0v) is 21.8. The van der Waals surface area contributed by atoms with E-state index >= 15 is 0 Å². The van der Waals surface area contributed by atoms with E-state index in [4.69, 9.17) is 9.47 Å². The molecule has 0 aromatic heterocycles. The summed E-state index contributed by atoms with van der Waals surface area (Å²) in [4.78, 5) is 12.4. The zero-order valence-electron chi connectivity index (χ0n) is 21.8. The van der Waals surface area contributed by atoms with Crippen LogP contribution in [0, 0.1) is 17.3 Å². The largest absolute Gasteiger partial charge is 0.490 e. The van der Waals surface area contributed by atoms with E-state index in [1.807, 2.05) is 27.7 Å². The molecule has 1 aromatic rings. The molecular formula is C28H45NO4. The van der Waals surface area contributed by atoms with Gasteiger partial charge in [-0.2, -0.15) is 0 Å². The van der Waals surface area contributed by atoms with Crippen molar-refractivity contribution in [3.05, 3.63) is 29.3 Å². The smallest absolute Gasteiger partial charge is 0.408 e. The first-order valence-electron chi connectivity index (χ1n) is 12.7. The lowest BCUT2D eigenvalue weighted by molar-refractivity contribution is 0.0322. The number of carbonyl (C=O) groups is 1. The summed E-state index contributed by atoms with van der Waals surface area (Å²) in [6, 6.07) is 6.47. The lowest BCUT2D eigenvalue weighted by atomic mass is 9.72. The fourth-order valence-electron chi connectivity index (χ4n) is 5.40. The van der Waals surface area contributed by atoms with Gasteiger partial charge in [-0.3, -0.25) is 0 Å². The SMILES string of the molecule is CC(C)(C)OC(=O)N[C@@](C)(CO)[C@@H]1CCc2cc(OC3CCC(C(C)(C)C)CC3)ccc2C1. The van der Waals surface area contributed by atoms with E-state index in [0.717, 1.165) is 43.8 Å². The molecule has 3 rings (SSSR count). The number of aliphatic hydroxyl groups excluding tert-OH is 1. The number of ether oxygens (including phenoxy) is 2. The van der Waals surface area contributed by atoms with E-state index in [2.05, 4.69) is 44.3 Å². The van der Waals surface area contributed by atoms with Gasteiger partial charge in [0.05, 0.1) is 18.2 Å². The number of rotatable bonds is 5. The summed E-state index contributed by atoms with van der Waals surface area (Å²) in [5.74, 6) is 1.90. The first-order chi connectivity index (χ1) is 15.3. The summed E-state index contributed by atoms with van der Waals surface area (Å²) in [6.07, 6.45) is 7.22. The second kappa shape index (κ2) is 9.85. The van der Waals surface area contributed by atoms with Crippen molar-refractivity contribution in [2.75, 3.05) is 6.61 Å². The number of carbonyl (C=O) groups excluding carboxylic acids is 1. The van der Waals surface area contributed by atoms with Gasteiger partial charge in [0.2, 0.25) is 0 Å². The number of aliphatic hydroxyl groups is 1. The molecule has 33 heavy (non-hydrogen) atoms. The highest BCUT2D eigenvalue weighted by Gasteiger charge is 2.38. The summed E-state index contributed by atoms with van der Waals surface area (Å²) in [5, 5.41) is 13.1. The molecule has 5 nitrogen and oxygen atoms in total. The lowest BCUT2D eigenvalue weighted by Crippen LogP contribution is -2.56. The van der Waals surface area contributed by atoms with Crippen molar-refractivity contribution < 1.29 is 19.4 Å². The van der Waals surface area contributed by atoms with Crippen molar-refractivity contribution in [2.45, 2.75) is 111 Å². The van der Waals surface area contributed by atoms with Crippen LogP contribution in [0.1, 0.15) is 91.7 Å². The molecule has 2 aliphatic rings. The Bertz CT molecular complexity index is 814.